The zero-order valence-corrected chi connectivity index (χ0v) is 7.36. The molecule has 3 heteroatoms. The van der Waals surface area contributed by atoms with E-state index in [-0.39, 0.29) is 11.5 Å². The Morgan fingerprint density at radius 2 is 2.08 bits per heavy atom. The summed E-state index contributed by atoms with van der Waals surface area (Å²) in [5.41, 5.74) is 5.66. The molecule has 13 heavy (non-hydrogen) atoms. The molecule has 0 radical (unpaired) electrons. The lowest BCUT2D eigenvalue weighted by Gasteiger charge is -2.01. The number of ketones is 1. The molecule has 1 rings (SSSR count). The summed E-state index contributed by atoms with van der Waals surface area (Å²) >= 11 is 0. The molecule has 0 aliphatic carbocycles. The topological polar surface area (TPSA) is 63.3 Å². The summed E-state index contributed by atoms with van der Waals surface area (Å²) in [5.74, 6) is -0.00642. The number of aromatic hydroxyl groups is 1. The van der Waals surface area contributed by atoms with E-state index in [2.05, 4.69) is 0 Å². The van der Waals surface area contributed by atoms with Crippen molar-refractivity contribution in [3.8, 4) is 5.75 Å². The van der Waals surface area contributed by atoms with Crippen molar-refractivity contribution in [3.63, 3.8) is 0 Å². The number of hydrogen-bond acceptors (Lipinski definition) is 3. The van der Waals surface area contributed by atoms with Gasteiger partial charge in [0.15, 0.2) is 5.78 Å². The molecule has 70 valence electrons. The molecule has 1 aromatic rings. The maximum Gasteiger partial charge on any atom is 0.166 e. The quantitative estimate of drug-likeness (QED) is 0.685. The summed E-state index contributed by atoms with van der Waals surface area (Å²) in [4.78, 5) is 11.4. The van der Waals surface area contributed by atoms with Gasteiger partial charge in [-0.05, 0) is 25.1 Å². The summed E-state index contributed by atoms with van der Waals surface area (Å²) in [6, 6.07) is 6.55. The molecule has 0 heterocycles. The van der Waals surface area contributed by atoms with Crippen LogP contribution in [0.4, 0.5) is 0 Å². The predicted octanol–water partition coefficient (Wildman–Crippen LogP) is 1.31. The van der Waals surface area contributed by atoms with Gasteiger partial charge in [-0.1, -0.05) is 12.1 Å². The lowest BCUT2D eigenvalue weighted by molar-refractivity contribution is 0.0978. The van der Waals surface area contributed by atoms with Crippen molar-refractivity contribution in [1.82, 2.24) is 0 Å². The number of carbonyl (C=O) groups excluding carboxylic acids is 1. The first kappa shape index (κ1) is 9.74. The van der Waals surface area contributed by atoms with Crippen LogP contribution in [0.5, 0.6) is 5.75 Å². The molecular weight excluding hydrogens is 166 g/mol. The van der Waals surface area contributed by atoms with E-state index in [0.717, 1.165) is 0 Å². The van der Waals surface area contributed by atoms with Crippen molar-refractivity contribution in [2.45, 2.75) is 12.8 Å². The molecule has 0 saturated heterocycles. The number of Topliss-reactive ketones (excluding diaryl/α,β-unsaturated/α-hetero) is 1. The number of rotatable bonds is 4. The van der Waals surface area contributed by atoms with Gasteiger partial charge in [-0.15, -0.1) is 0 Å². The molecule has 0 atom stereocenters. The molecule has 0 unspecified atom stereocenters. The van der Waals surface area contributed by atoms with Gasteiger partial charge in [0.05, 0.1) is 5.56 Å². The number of para-hydroxylation sites is 1. The fraction of sp³-hybridized carbons (Fsp3) is 0.300. The number of benzene rings is 1. The van der Waals surface area contributed by atoms with Crippen LogP contribution < -0.4 is 5.73 Å². The van der Waals surface area contributed by atoms with Crippen LogP contribution in [0.3, 0.4) is 0 Å². The van der Waals surface area contributed by atoms with Crippen molar-refractivity contribution in [3.05, 3.63) is 29.8 Å². The highest BCUT2D eigenvalue weighted by molar-refractivity contribution is 5.98. The van der Waals surface area contributed by atoms with Crippen molar-refractivity contribution in [2.24, 2.45) is 5.73 Å². The minimum Gasteiger partial charge on any atom is -0.507 e. The minimum absolute atomic E-state index is 0.0459. The predicted molar refractivity (Wildman–Crippen MR) is 50.7 cm³/mol. The number of hydrogen-bond donors (Lipinski definition) is 2. The Balaban J connectivity index is 2.71. The van der Waals surface area contributed by atoms with Gasteiger partial charge in [0.2, 0.25) is 0 Å². The fourth-order valence-electron chi connectivity index (χ4n) is 1.11. The van der Waals surface area contributed by atoms with Crippen LogP contribution in [-0.4, -0.2) is 17.4 Å². The van der Waals surface area contributed by atoms with Crippen molar-refractivity contribution < 1.29 is 9.90 Å². The van der Waals surface area contributed by atoms with E-state index in [0.29, 0.717) is 24.9 Å². The highest BCUT2D eigenvalue weighted by Gasteiger charge is 2.08. The lowest BCUT2D eigenvalue weighted by atomic mass is 10.1. The molecule has 0 bridgehead atoms. The summed E-state index contributed by atoms with van der Waals surface area (Å²) in [5, 5.41) is 9.33. The van der Waals surface area contributed by atoms with Gasteiger partial charge in [0, 0.05) is 6.42 Å². The van der Waals surface area contributed by atoms with Crippen LogP contribution >= 0.6 is 0 Å². The second-order valence-corrected chi connectivity index (χ2v) is 2.83. The second kappa shape index (κ2) is 4.62. The molecule has 0 amide bonds. The van der Waals surface area contributed by atoms with Crippen molar-refractivity contribution in [2.75, 3.05) is 6.54 Å². The molecule has 0 aliphatic heterocycles. The van der Waals surface area contributed by atoms with Crippen LogP contribution in [0.25, 0.3) is 0 Å². The average molecular weight is 179 g/mol. The molecule has 0 spiro atoms. The normalized spacial score (nSPS) is 9.92. The third-order valence-corrected chi connectivity index (χ3v) is 1.81. The van der Waals surface area contributed by atoms with Crippen LogP contribution in [0, 0.1) is 0 Å². The summed E-state index contributed by atoms with van der Waals surface area (Å²) < 4.78 is 0. The average Bonchev–Trinajstić information content (AvgIpc) is 2.15. The van der Waals surface area contributed by atoms with E-state index in [4.69, 9.17) is 5.73 Å². The summed E-state index contributed by atoms with van der Waals surface area (Å²) in [6.07, 6.45) is 1.06. The second-order valence-electron chi connectivity index (χ2n) is 2.83. The van der Waals surface area contributed by atoms with Gasteiger partial charge >= 0.3 is 0 Å². The number of nitrogens with two attached hydrogens (primary N) is 1. The highest BCUT2D eigenvalue weighted by Crippen LogP contribution is 2.17. The molecule has 0 aliphatic rings. The van der Waals surface area contributed by atoms with E-state index < -0.39 is 0 Å². The van der Waals surface area contributed by atoms with E-state index >= 15 is 0 Å². The molecule has 0 fully saturated rings. The Bertz CT molecular complexity index is 297. The van der Waals surface area contributed by atoms with Gasteiger partial charge in [-0.2, -0.15) is 0 Å². The van der Waals surface area contributed by atoms with Crippen LogP contribution in [0.1, 0.15) is 23.2 Å². The maximum atomic E-state index is 11.4. The first-order valence-corrected chi connectivity index (χ1v) is 4.27. The van der Waals surface area contributed by atoms with Gasteiger partial charge in [-0.3, -0.25) is 4.79 Å². The van der Waals surface area contributed by atoms with Crippen LogP contribution in [0.15, 0.2) is 24.3 Å². The molecule has 3 N–H and O–H groups in total. The van der Waals surface area contributed by atoms with E-state index in [1.807, 2.05) is 0 Å². The number of phenolic OH excluding ortho intramolecular Hbond substituents is 1. The third kappa shape index (κ3) is 2.56. The Labute approximate surface area is 77.2 Å². The number of carbonyl (C=O) groups is 1. The van der Waals surface area contributed by atoms with Gasteiger partial charge in [-0.25, -0.2) is 0 Å². The van der Waals surface area contributed by atoms with Crippen LogP contribution in [0.2, 0.25) is 0 Å². The Kier molecular flexibility index (Phi) is 3.46. The van der Waals surface area contributed by atoms with Gasteiger partial charge in [0.25, 0.3) is 0 Å². The van der Waals surface area contributed by atoms with Gasteiger partial charge < -0.3 is 10.8 Å². The monoisotopic (exact) mass is 179 g/mol. The summed E-state index contributed by atoms with van der Waals surface area (Å²) in [7, 11) is 0. The Morgan fingerprint density at radius 3 is 2.69 bits per heavy atom. The van der Waals surface area contributed by atoms with Crippen LogP contribution in [-0.2, 0) is 0 Å². The van der Waals surface area contributed by atoms with Gasteiger partial charge in [0.1, 0.15) is 5.75 Å². The minimum atomic E-state index is -0.0523. The molecular formula is C10H13NO2. The SMILES string of the molecule is NCCCC(=O)c1ccccc1O. The first-order chi connectivity index (χ1) is 6.25. The number of phenols is 1. The largest absolute Gasteiger partial charge is 0.507 e. The Morgan fingerprint density at radius 1 is 1.38 bits per heavy atom. The Hall–Kier alpha value is -1.35. The van der Waals surface area contributed by atoms with E-state index in [9.17, 15) is 9.90 Å². The highest BCUT2D eigenvalue weighted by atomic mass is 16.3. The van der Waals surface area contributed by atoms with E-state index in [1.165, 1.54) is 6.07 Å². The first-order valence-electron chi connectivity index (χ1n) is 4.27. The van der Waals surface area contributed by atoms with E-state index in [1.54, 1.807) is 18.2 Å². The molecule has 0 saturated carbocycles. The maximum absolute atomic E-state index is 11.4. The lowest BCUT2D eigenvalue weighted by Crippen LogP contribution is -2.04. The van der Waals surface area contributed by atoms with Crippen molar-refractivity contribution in [1.29, 1.82) is 0 Å². The standard InChI is InChI=1S/C10H13NO2/c11-7-3-6-10(13)8-4-1-2-5-9(8)12/h1-2,4-5,12H,3,6-7,11H2. The molecule has 0 aromatic heterocycles. The summed E-state index contributed by atoms with van der Waals surface area (Å²) in [6.45, 7) is 0.499. The molecule has 3 nitrogen and oxygen atoms in total. The fourth-order valence-corrected chi connectivity index (χ4v) is 1.11. The zero-order valence-electron chi connectivity index (χ0n) is 7.36. The zero-order chi connectivity index (χ0) is 9.68. The smallest absolute Gasteiger partial charge is 0.166 e. The van der Waals surface area contributed by atoms with Crippen molar-refractivity contribution >= 4 is 5.78 Å². The molecule has 1 aromatic carbocycles. The third-order valence-electron chi connectivity index (χ3n) is 1.81.